The Hall–Kier alpha value is -3.38. The summed E-state index contributed by atoms with van der Waals surface area (Å²) in [6.07, 6.45) is 0.887. The Morgan fingerprint density at radius 2 is 1.73 bits per heavy atom. The summed E-state index contributed by atoms with van der Waals surface area (Å²) in [5.74, 6) is -0.865. The second-order valence-electron chi connectivity index (χ2n) is 7.88. The maximum atomic E-state index is 13.2. The van der Waals surface area contributed by atoms with Gasteiger partial charge in [0.15, 0.2) is 0 Å². The number of ketones is 1. The zero-order valence-electron chi connectivity index (χ0n) is 18.4. The van der Waals surface area contributed by atoms with E-state index >= 15 is 0 Å². The minimum Gasteiger partial charge on any atom is -0.507 e. The molecule has 1 N–H and O–H groups in total. The molecule has 168 valence electrons. The van der Waals surface area contributed by atoms with Gasteiger partial charge in [0, 0.05) is 15.7 Å². The molecule has 33 heavy (non-hydrogen) atoms. The SMILES string of the molecule is CCCOc1ccc(/C(O)=C2/C(=O)C(=O)N(c3ccc(Br)cc3)C2c2ccccc2)cc1C. The van der Waals surface area contributed by atoms with Gasteiger partial charge in [-0.15, -0.1) is 0 Å². The molecule has 1 unspecified atom stereocenters. The molecule has 0 radical (unpaired) electrons. The number of benzene rings is 3. The van der Waals surface area contributed by atoms with Gasteiger partial charge in [0.25, 0.3) is 11.7 Å². The van der Waals surface area contributed by atoms with Crippen LogP contribution in [-0.4, -0.2) is 23.4 Å². The van der Waals surface area contributed by atoms with Crippen LogP contribution in [0.1, 0.15) is 36.1 Å². The number of amides is 1. The molecule has 1 aliphatic heterocycles. The third kappa shape index (κ3) is 4.44. The van der Waals surface area contributed by atoms with Gasteiger partial charge in [-0.1, -0.05) is 53.2 Å². The number of anilines is 1. The summed E-state index contributed by atoms with van der Waals surface area (Å²) in [7, 11) is 0. The van der Waals surface area contributed by atoms with E-state index in [2.05, 4.69) is 15.9 Å². The van der Waals surface area contributed by atoms with Gasteiger partial charge in [-0.05, 0) is 66.9 Å². The number of ether oxygens (including phenoxy) is 1. The minimum absolute atomic E-state index is 0.0655. The van der Waals surface area contributed by atoms with Gasteiger partial charge >= 0.3 is 0 Å². The second kappa shape index (κ2) is 9.63. The van der Waals surface area contributed by atoms with E-state index in [1.165, 1.54) is 4.90 Å². The average molecular weight is 506 g/mol. The molecule has 3 aromatic rings. The lowest BCUT2D eigenvalue weighted by atomic mass is 9.94. The number of nitrogens with zero attached hydrogens (tertiary/aromatic N) is 1. The third-order valence-electron chi connectivity index (χ3n) is 5.57. The van der Waals surface area contributed by atoms with Crippen molar-refractivity contribution in [3.8, 4) is 5.75 Å². The molecule has 0 spiro atoms. The summed E-state index contributed by atoms with van der Waals surface area (Å²) in [6.45, 7) is 4.51. The lowest BCUT2D eigenvalue weighted by Gasteiger charge is -2.25. The van der Waals surface area contributed by atoms with Crippen LogP contribution in [0.15, 0.2) is 82.8 Å². The predicted molar refractivity (Wildman–Crippen MR) is 132 cm³/mol. The third-order valence-corrected chi connectivity index (χ3v) is 6.10. The number of rotatable bonds is 6. The van der Waals surface area contributed by atoms with E-state index in [0.717, 1.165) is 27.8 Å². The van der Waals surface area contributed by atoms with Gasteiger partial charge in [-0.2, -0.15) is 0 Å². The first-order valence-electron chi connectivity index (χ1n) is 10.8. The van der Waals surface area contributed by atoms with Crippen LogP contribution >= 0.6 is 15.9 Å². The van der Waals surface area contributed by atoms with Gasteiger partial charge in [-0.3, -0.25) is 14.5 Å². The van der Waals surface area contributed by atoms with Crippen molar-refractivity contribution in [3.63, 3.8) is 0 Å². The van der Waals surface area contributed by atoms with Crippen LogP contribution in [0.5, 0.6) is 5.75 Å². The molecule has 1 fully saturated rings. The van der Waals surface area contributed by atoms with Gasteiger partial charge in [0.2, 0.25) is 0 Å². The number of Topliss-reactive ketones (excluding diaryl/α,β-unsaturated/α-hetero) is 1. The topological polar surface area (TPSA) is 66.8 Å². The lowest BCUT2D eigenvalue weighted by Crippen LogP contribution is -2.29. The number of hydrogen-bond donors (Lipinski definition) is 1. The van der Waals surface area contributed by atoms with Crippen molar-refractivity contribution in [2.45, 2.75) is 26.3 Å². The average Bonchev–Trinajstić information content (AvgIpc) is 3.09. The smallest absolute Gasteiger partial charge is 0.300 e. The summed E-state index contributed by atoms with van der Waals surface area (Å²) >= 11 is 3.40. The number of carbonyl (C=O) groups is 2. The Bertz CT molecular complexity index is 1220. The molecular formula is C27H24BrNO4. The molecule has 0 aliphatic carbocycles. The number of aryl methyl sites for hydroxylation is 1. The van der Waals surface area contributed by atoms with Crippen LogP contribution < -0.4 is 9.64 Å². The minimum atomic E-state index is -0.747. The van der Waals surface area contributed by atoms with Crippen molar-refractivity contribution < 1.29 is 19.4 Å². The molecule has 1 saturated heterocycles. The quantitative estimate of drug-likeness (QED) is 0.247. The zero-order valence-corrected chi connectivity index (χ0v) is 20.0. The Morgan fingerprint density at radius 1 is 1.03 bits per heavy atom. The predicted octanol–water partition coefficient (Wildman–Crippen LogP) is 6.17. The fourth-order valence-corrected chi connectivity index (χ4v) is 4.24. The maximum absolute atomic E-state index is 13.2. The van der Waals surface area contributed by atoms with Crippen molar-refractivity contribution in [2.75, 3.05) is 11.5 Å². The highest BCUT2D eigenvalue weighted by molar-refractivity contribution is 9.10. The molecule has 6 heteroatoms. The second-order valence-corrected chi connectivity index (χ2v) is 8.80. The number of aliphatic hydroxyl groups is 1. The Kier molecular flexibility index (Phi) is 6.65. The maximum Gasteiger partial charge on any atom is 0.300 e. The Morgan fingerprint density at radius 3 is 2.36 bits per heavy atom. The van der Waals surface area contributed by atoms with E-state index in [1.54, 1.807) is 30.3 Å². The number of carbonyl (C=O) groups excluding carboxylic acids is 2. The Labute approximate surface area is 201 Å². The van der Waals surface area contributed by atoms with Crippen LogP contribution in [0.4, 0.5) is 5.69 Å². The molecule has 3 aromatic carbocycles. The molecule has 5 nitrogen and oxygen atoms in total. The fraction of sp³-hybridized carbons (Fsp3) is 0.185. The highest BCUT2D eigenvalue weighted by Gasteiger charge is 2.46. The highest BCUT2D eigenvalue weighted by Crippen LogP contribution is 2.42. The van der Waals surface area contributed by atoms with Crippen LogP contribution in [0.25, 0.3) is 5.76 Å². The van der Waals surface area contributed by atoms with Gasteiger partial charge < -0.3 is 9.84 Å². The van der Waals surface area contributed by atoms with Crippen LogP contribution in [0.2, 0.25) is 0 Å². The van der Waals surface area contributed by atoms with Gasteiger partial charge in [0.1, 0.15) is 11.5 Å². The van der Waals surface area contributed by atoms with Crippen molar-refractivity contribution in [3.05, 3.63) is 99.5 Å². The number of aliphatic hydroxyl groups excluding tert-OH is 1. The largest absolute Gasteiger partial charge is 0.507 e. The fourth-order valence-electron chi connectivity index (χ4n) is 3.98. The summed E-state index contributed by atoms with van der Waals surface area (Å²) < 4.78 is 6.59. The molecule has 0 saturated carbocycles. The van der Waals surface area contributed by atoms with E-state index in [1.807, 2.05) is 56.3 Å². The first kappa shape index (κ1) is 22.8. The summed E-state index contributed by atoms with van der Waals surface area (Å²) in [4.78, 5) is 27.8. The van der Waals surface area contributed by atoms with Crippen molar-refractivity contribution in [1.29, 1.82) is 0 Å². The lowest BCUT2D eigenvalue weighted by molar-refractivity contribution is -0.132. The standard InChI is InChI=1S/C27H24BrNO4/c1-3-15-33-22-14-9-19(16-17(22)2)25(30)23-24(18-7-5-4-6-8-18)29(27(32)26(23)31)21-12-10-20(28)11-13-21/h4-14,16,24,30H,3,15H2,1-2H3/b25-23-. The molecule has 1 heterocycles. The molecule has 1 aliphatic rings. The summed E-state index contributed by atoms with van der Waals surface area (Å²) in [5.41, 5.74) is 2.68. The van der Waals surface area contributed by atoms with E-state index in [0.29, 0.717) is 17.9 Å². The van der Waals surface area contributed by atoms with E-state index in [9.17, 15) is 14.7 Å². The van der Waals surface area contributed by atoms with Crippen molar-refractivity contribution >= 4 is 39.1 Å². The molecule has 1 atom stereocenters. The Balaban J connectivity index is 1.85. The van der Waals surface area contributed by atoms with Gasteiger partial charge in [0.05, 0.1) is 18.2 Å². The van der Waals surface area contributed by atoms with E-state index in [-0.39, 0.29) is 11.3 Å². The molecular weight excluding hydrogens is 482 g/mol. The first-order chi connectivity index (χ1) is 15.9. The zero-order chi connectivity index (χ0) is 23.5. The molecule has 1 amide bonds. The first-order valence-corrected chi connectivity index (χ1v) is 11.6. The van der Waals surface area contributed by atoms with E-state index in [4.69, 9.17) is 4.74 Å². The number of halogens is 1. The van der Waals surface area contributed by atoms with Crippen LogP contribution in [-0.2, 0) is 9.59 Å². The molecule has 4 rings (SSSR count). The van der Waals surface area contributed by atoms with E-state index < -0.39 is 17.7 Å². The molecule has 0 bridgehead atoms. The van der Waals surface area contributed by atoms with Gasteiger partial charge in [-0.25, -0.2) is 0 Å². The van der Waals surface area contributed by atoms with Crippen molar-refractivity contribution in [2.24, 2.45) is 0 Å². The highest BCUT2D eigenvalue weighted by atomic mass is 79.9. The molecule has 0 aromatic heterocycles. The number of hydrogen-bond acceptors (Lipinski definition) is 4. The summed E-state index contributed by atoms with van der Waals surface area (Å²) in [5, 5.41) is 11.3. The van der Waals surface area contributed by atoms with Crippen LogP contribution in [0.3, 0.4) is 0 Å². The van der Waals surface area contributed by atoms with Crippen molar-refractivity contribution in [1.82, 2.24) is 0 Å². The monoisotopic (exact) mass is 505 g/mol. The summed E-state index contributed by atoms with van der Waals surface area (Å²) in [6, 6.07) is 21.0. The van der Waals surface area contributed by atoms with Crippen LogP contribution in [0, 0.1) is 6.92 Å². The normalized spacial score (nSPS) is 17.4.